The lowest BCUT2D eigenvalue weighted by molar-refractivity contribution is 0.0210. The molecule has 0 aromatic heterocycles. The van der Waals surface area contributed by atoms with Crippen LogP contribution in [0.4, 0.5) is 0 Å². The number of hydrogen-bond donors (Lipinski definition) is 2. The number of aliphatic imine (C=N–C) groups is 2. The Kier molecular flexibility index (Phi) is 24.6. The molecule has 0 aromatic rings. The summed E-state index contributed by atoms with van der Waals surface area (Å²) in [6.07, 6.45) is 13.2. The minimum absolute atomic E-state index is 0.303. The van der Waals surface area contributed by atoms with Crippen molar-refractivity contribution < 1.29 is 23.8 Å². The molecule has 2 atom stereocenters. The van der Waals surface area contributed by atoms with Gasteiger partial charge in [-0.05, 0) is 51.7 Å². The molecule has 0 radical (unpaired) electrons. The normalized spacial score (nSPS) is 11.9. The second-order valence-electron chi connectivity index (χ2n) is 9.18. The summed E-state index contributed by atoms with van der Waals surface area (Å²) in [5, 5.41) is 6.43. The van der Waals surface area contributed by atoms with Gasteiger partial charge in [-0.25, -0.2) is 19.6 Å². The van der Waals surface area contributed by atoms with Gasteiger partial charge in [-0.15, -0.1) is 0 Å². The largest absolute Gasteiger partial charge is 0.479 e. The summed E-state index contributed by atoms with van der Waals surface area (Å²) in [4.78, 5) is 27.1. The van der Waals surface area contributed by atoms with Crippen LogP contribution < -0.4 is 10.6 Å². The second kappa shape index (κ2) is 26.5. The van der Waals surface area contributed by atoms with Crippen LogP contribution in [0.25, 0.3) is 0 Å². The van der Waals surface area contributed by atoms with E-state index in [9.17, 15) is 9.59 Å². The van der Waals surface area contributed by atoms with Crippen LogP contribution in [0.5, 0.6) is 0 Å². The Labute approximate surface area is 224 Å². The molecular weight excluding hydrogens is 472 g/mol. The van der Waals surface area contributed by atoms with E-state index < -0.39 is 0 Å². The molecule has 2 N–H and O–H groups in total. The van der Waals surface area contributed by atoms with Crippen LogP contribution in [-0.2, 0) is 23.8 Å². The number of hydrogen-bond acceptors (Lipinski definition) is 9. The van der Waals surface area contributed by atoms with Crippen LogP contribution in [0.2, 0.25) is 0 Å². The van der Waals surface area contributed by atoms with E-state index in [4.69, 9.17) is 14.2 Å². The highest BCUT2D eigenvalue weighted by atomic mass is 16.5. The van der Waals surface area contributed by atoms with Crippen LogP contribution >= 0.6 is 0 Å². The molecule has 0 saturated carbocycles. The van der Waals surface area contributed by atoms with Gasteiger partial charge in [0.2, 0.25) is 12.2 Å². The standard InChI is InChI=1S/C28H50N4O5/c1-5-27(21-36-25(3)31-17-13-9-7-11-15-29-23-33)19-35-20-28(6-2)22-37-26(4)32-18-14-10-8-12-16-30-24-34/h27-28,31-32H,3-22H2,1-2H3. The maximum Gasteiger partial charge on any atom is 0.234 e. The third-order valence-corrected chi connectivity index (χ3v) is 6.02. The number of nitrogens with one attached hydrogen (secondary N) is 2. The molecule has 0 aromatic carbocycles. The summed E-state index contributed by atoms with van der Waals surface area (Å²) < 4.78 is 17.6. The van der Waals surface area contributed by atoms with Gasteiger partial charge in [0.05, 0.1) is 39.5 Å². The fourth-order valence-electron chi connectivity index (χ4n) is 3.39. The molecule has 0 rings (SSSR count). The van der Waals surface area contributed by atoms with Crippen LogP contribution in [0.3, 0.4) is 0 Å². The molecule has 0 spiro atoms. The summed E-state index contributed by atoms with van der Waals surface area (Å²) in [7, 11) is 0. The second-order valence-corrected chi connectivity index (χ2v) is 9.18. The molecule has 0 aliphatic heterocycles. The highest BCUT2D eigenvalue weighted by molar-refractivity contribution is 5.32. The van der Waals surface area contributed by atoms with Crippen LogP contribution in [-0.4, -0.2) is 64.8 Å². The minimum Gasteiger partial charge on any atom is -0.479 e. The zero-order valence-corrected chi connectivity index (χ0v) is 23.2. The van der Waals surface area contributed by atoms with Crippen molar-refractivity contribution >= 4 is 12.2 Å². The predicted octanol–water partition coefficient (Wildman–Crippen LogP) is 5.00. The topological polar surface area (TPSA) is 111 Å². The predicted molar refractivity (Wildman–Crippen MR) is 147 cm³/mol. The van der Waals surface area contributed by atoms with Gasteiger partial charge in [0.25, 0.3) is 0 Å². The summed E-state index contributed by atoms with van der Waals surface area (Å²) in [6.45, 7) is 17.4. The van der Waals surface area contributed by atoms with E-state index in [1.54, 1.807) is 12.2 Å². The molecule has 2 unspecified atom stereocenters. The fraction of sp³-hybridized carbons (Fsp3) is 0.786. The van der Waals surface area contributed by atoms with Gasteiger partial charge < -0.3 is 24.8 Å². The van der Waals surface area contributed by atoms with Crippen molar-refractivity contribution in [2.75, 3.05) is 52.6 Å². The van der Waals surface area contributed by atoms with Crippen molar-refractivity contribution in [3.63, 3.8) is 0 Å². The Morgan fingerprint density at radius 1 is 0.676 bits per heavy atom. The van der Waals surface area contributed by atoms with Gasteiger partial charge in [0, 0.05) is 24.9 Å². The first-order valence-corrected chi connectivity index (χ1v) is 13.8. The van der Waals surface area contributed by atoms with E-state index in [-0.39, 0.29) is 0 Å². The first kappa shape index (κ1) is 34.4. The highest BCUT2D eigenvalue weighted by Gasteiger charge is 2.12. The Hall–Kier alpha value is -2.60. The fourth-order valence-corrected chi connectivity index (χ4v) is 3.39. The van der Waals surface area contributed by atoms with E-state index in [2.05, 4.69) is 47.6 Å². The summed E-state index contributed by atoms with van der Waals surface area (Å²) in [5.74, 6) is 1.80. The molecule has 212 valence electrons. The number of isocyanates is 2. The molecule has 0 amide bonds. The number of carbonyl (C=O) groups excluding carboxylic acids is 2. The smallest absolute Gasteiger partial charge is 0.234 e. The van der Waals surface area contributed by atoms with Crippen LogP contribution in [0, 0.1) is 11.8 Å². The monoisotopic (exact) mass is 522 g/mol. The van der Waals surface area contributed by atoms with E-state index in [0.29, 0.717) is 63.1 Å². The zero-order valence-electron chi connectivity index (χ0n) is 23.2. The minimum atomic E-state index is 0.303. The number of unbranched alkanes of at least 4 members (excludes halogenated alkanes) is 6. The van der Waals surface area contributed by atoms with Crippen molar-refractivity contribution in [2.24, 2.45) is 21.8 Å². The maximum absolute atomic E-state index is 10.0. The lowest BCUT2D eigenvalue weighted by Crippen LogP contribution is -2.24. The third-order valence-electron chi connectivity index (χ3n) is 6.02. The van der Waals surface area contributed by atoms with Crippen LogP contribution in [0.15, 0.2) is 34.9 Å². The summed E-state index contributed by atoms with van der Waals surface area (Å²) in [5.41, 5.74) is 0. The lowest BCUT2D eigenvalue weighted by atomic mass is 10.1. The molecule has 9 nitrogen and oxygen atoms in total. The van der Waals surface area contributed by atoms with E-state index in [0.717, 1.165) is 77.3 Å². The molecule has 37 heavy (non-hydrogen) atoms. The van der Waals surface area contributed by atoms with Gasteiger partial charge in [-0.2, -0.15) is 0 Å². The van der Waals surface area contributed by atoms with Gasteiger partial charge in [0.1, 0.15) is 0 Å². The van der Waals surface area contributed by atoms with Crippen molar-refractivity contribution in [1.82, 2.24) is 10.6 Å². The first-order chi connectivity index (χ1) is 18.1. The van der Waals surface area contributed by atoms with Gasteiger partial charge in [0.15, 0.2) is 11.8 Å². The molecule has 0 aliphatic carbocycles. The molecule has 0 fully saturated rings. The summed E-state index contributed by atoms with van der Waals surface area (Å²) in [6, 6.07) is 0. The molecular formula is C28H50N4O5. The molecule has 0 aliphatic rings. The number of nitrogens with zero attached hydrogens (tertiary/aromatic N) is 2. The molecule has 9 heteroatoms. The SMILES string of the molecule is C=C(NCCCCCCN=C=O)OCC(CC)COCC(CC)COC(=C)NCCCCCCN=C=O. The Morgan fingerprint density at radius 3 is 1.46 bits per heavy atom. The summed E-state index contributed by atoms with van der Waals surface area (Å²) >= 11 is 0. The van der Waals surface area contributed by atoms with Crippen molar-refractivity contribution in [1.29, 1.82) is 0 Å². The van der Waals surface area contributed by atoms with Gasteiger partial charge in [-0.3, -0.25) is 0 Å². The molecule has 0 bridgehead atoms. The van der Waals surface area contributed by atoms with Crippen molar-refractivity contribution in [3.8, 4) is 0 Å². The van der Waals surface area contributed by atoms with Crippen molar-refractivity contribution in [2.45, 2.75) is 78.1 Å². The quantitative estimate of drug-likeness (QED) is 0.0644. The lowest BCUT2D eigenvalue weighted by Gasteiger charge is -2.21. The maximum atomic E-state index is 10.0. The van der Waals surface area contributed by atoms with E-state index in [1.807, 2.05) is 0 Å². The number of rotatable bonds is 28. The van der Waals surface area contributed by atoms with Crippen LogP contribution in [0.1, 0.15) is 78.1 Å². The first-order valence-electron chi connectivity index (χ1n) is 13.8. The molecule has 0 heterocycles. The van der Waals surface area contributed by atoms with Crippen molar-refractivity contribution in [3.05, 3.63) is 24.9 Å². The zero-order chi connectivity index (χ0) is 27.4. The highest BCUT2D eigenvalue weighted by Crippen LogP contribution is 2.11. The van der Waals surface area contributed by atoms with E-state index >= 15 is 0 Å². The Balaban J connectivity index is 3.85. The van der Waals surface area contributed by atoms with E-state index in [1.165, 1.54) is 0 Å². The van der Waals surface area contributed by atoms with Gasteiger partial charge >= 0.3 is 0 Å². The average molecular weight is 523 g/mol. The number of ether oxygens (including phenoxy) is 3. The van der Waals surface area contributed by atoms with Gasteiger partial charge in [-0.1, -0.05) is 39.5 Å². The Morgan fingerprint density at radius 2 is 1.08 bits per heavy atom. The third kappa shape index (κ3) is 23.5. The Bertz CT molecular complexity index is 619. The average Bonchev–Trinajstić information content (AvgIpc) is 2.90. The molecule has 0 saturated heterocycles.